The van der Waals surface area contributed by atoms with Crippen molar-refractivity contribution < 1.29 is 17.9 Å². The molecule has 0 unspecified atom stereocenters. The molecule has 138 valence electrons. The molecule has 0 atom stereocenters. The van der Waals surface area contributed by atoms with Crippen LogP contribution in [-0.2, 0) is 26.0 Å². The van der Waals surface area contributed by atoms with Crippen LogP contribution in [0.4, 0.5) is 0 Å². The van der Waals surface area contributed by atoms with E-state index < -0.39 is 15.9 Å². The molecule has 0 aliphatic rings. The maximum absolute atomic E-state index is 13.0. The lowest BCUT2D eigenvalue weighted by Crippen LogP contribution is -2.34. The SMILES string of the molecule is CCO/C(C)=N\N(C(=O)Cc1ccccc1)S(=O)(=O)c1ccc(C)cc1. The van der Waals surface area contributed by atoms with Crippen LogP contribution < -0.4 is 0 Å². The topological polar surface area (TPSA) is 76.0 Å². The fourth-order valence-corrected chi connectivity index (χ4v) is 3.49. The van der Waals surface area contributed by atoms with Gasteiger partial charge in [-0.25, -0.2) is 0 Å². The van der Waals surface area contributed by atoms with Gasteiger partial charge in [-0.05, 0) is 31.5 Å². The van der Waals surface area contributed by atoms with Crippen molar-refractivity contribution in [1.82, 2.24) is 4.41 Å². The molecule has 0 heterocycles. The van der Waals surface area contributed by atoms with Gasteiger partial charge in [0.1, 0.15) is 0 Å². The summed E-state index contributed by atoms with van der Waals surface area (Å²) in [5, 5.41) is 3.92. The Balaban J connectivity index is 2.41. The van der Waals surface area contributed by atoms with Gasteiger partial charge in [0, 0.05) is 6.92 Å². The van der Waals surface area contributed by atoms with Crippen LogP contribution in [0.5, 0.6) is 0 Å². The summed E-state index contributed by atoms with van der Waals surface area (Å²) < 4.78 is 31.7. The molecule has 2 rings (SSSR count). The summed E-state index contributed by atoms with van der Waals surface area (Å²) >= 11 is 0. The fraction of sp³-hybridized carbons (Fsp3) is 0.263. The zero-order valence-corrected chi connectivity index (χ0v) is 15.9. The number of rotatable bonds is 6. The van der Waals surface area contributed by atoms with Crippen LogP contribution in [0.2, 0.25) is 0 Å². The van der Waals surface area contributed by atoms with Crippen molar-refractivity contribution >= 4 is 21.8 Å². The highest BCUT2D eigenvalue weighted by Crippen LogP contribution is 2.19. The molecule has 26 heavy (non-hydrogen) atoms. The lowest BCUT2D eigenvalue weighted by Gasteiger charge is -2.18. The van der Waals surface area contributed by atoms with Gasteiger partial charge in [0.15, 0.2) is 0 Å². The monoisotopic (exact) mass is 374 g/mol. The van der Waals surface area contributed by atoms with Crippen molar-refractivity contribution in [3.05, 3.63) is 65.7 Å². The van der Waals surface area contributed by atoms with Crippen molar-refractivity contribution in [2.24, 2.45) is 5.10 Å². The Hall–Kier alpha value is -2.67. The van der Waals surface area contributed by atoms with E-state index in [1.165, 1.54) is 19.1 Å². The fourth-order valence-electron chi connectivity index (χ4n) is 2.26. The number of hydrogen-bond donors (Lipinski definition) is 0. The van der Waals surface area contributed by atoms with E-state index in [-0.39, 0.29) is 17.2 Å². The van der Waals surface area contributed by atoms with Gasteiger partial charge >= 0.3 is 0 Å². The number of carbonyl (C=O) groups is 1. The minimum atomic E-state index is -4.13. The van der Waals surface area contributed by atoms with Crippen LogP contribution in [0.1, 0.15) is 25.0 Å². The van der Waals surface area contributed by atoms with Crippen LogP contribution >= 0.6 is 0 Å². The second-order valence-electron chi connectivity index (χ2n) is 5.67. The van der Waals surface area contributed by atoms with Crippen LogP contribution in [0.25, 0.3) is 0 Å². The van der Waals surface area contributed by atoms with Crippen molar-refractivity contribution in [3.63, 3.8) is 0 Å². The molecule has 2 aromatic carbocycles. The number of nitrogens with zero attached hydrogens (tertiary/aromatic N) is 2. The van der Waals surface area contributed by atoms with Crippen molar-refractivity contribution in [1.29, 1.82) is 0 Å². The molecule has 0 bridgehead atoms. The summed E-state index contributed by atoms with van der Waals surface area (Å²) in [6.45, 7) is 5.44. The van der Waals surface area contributed by atoms with Crippen LogP contribution in [-0.4, -0.2) is 31.2 Å². The third-order valence-corrected chi connectivity index (χ3v) is 5.15. The van der Waals surface area contributed by atoms with Gasteiger partial charge < -0.3 is 4.74 Å². The van der Waals surface area contributed by atoms with E-state index in [9.17, 15) is 13.2 Å². The van der Waals surface area contributed by atoms with E-state index in [0.29, 0.717) is 16.6 Å². The molecule has 0 N–H and O–H groups in total. The van der Waals surface area contributed by atoms with Gasteiger partial charge in [-0.1, -0.05) is 48.0 Å². The minimum absolute atomic E-state index is 0.00226. The lowest BCUT2D eigenvalue weighted by atomic mass is 10.1. The number of carbonyl (C=O) groups excluding carboxylic acids is 1. The van der Waals surface area contributed by atoms with Gasteiger partial charge in [0.2, 0.25) is 5.90 Å². The van der Waals surface area contributed by atoms with Crippen LogP contribution in [0, 0.1) is 6.92 Å². The predicted octanol–water partition coefficient (Wildman–Crippen LogP) is 3.12. The molecular weight excluding hydrogens is 352 g/mol. The minimum Gasteiger partial charge on any atom is -0.480 e. The number of hydrogen-bond acceptors (Lipinski definition) is 5. The van der Waals surface area contributed by atoms with E-state index in [0.717, 1.165) is 5.56 Å². The maximum Gasteiger partial charge on any atom is 0.286 e. The predicted molar refractivity (Wildman–Crippen MR) is 100 cm³/mol. The molecule has 0 aromatic heterocycles. The Labute approximate surface area is 154 Å². The summed E-state index contributed by atoms with van der Waals surface area (Å²) in [6, 6.07) is 15.2. The van der Waals surface area contributed by atoms with E-state index in [1.54, 1.807) is 43.3 Å². The van der Waals surface area contributed by atoms with Crippen molar-refractivity contribution in [3.8, 4) is 0 Å². The molecule has 0 saturated heterocycles. The Morgan fingerprint density at radius 1 is 1.08 bits per heavy atom. The number of sulfonamides is 1. The highest BCUT2D eigenvalue weighted by atomic mass is 32.2. The quantitative estimate of drug-likeness (QED) is 0.442. The Bertz CT molecular complexity index is 876. The van der Waals surface area contributed by atoms with Crippen molar-refractivity contribution in [2.75, 3.05) is 6.61 Å². The van der Waals surface area contributed by atoms with Gasteiger partial charge in [-0.3, -0.25) is 4.79 Å². The lowest BCUT2D eigenvalue weighted by molar-refractivity contribution is -0.125. The average Bonchev–Trinajstić information content (AvgIpc) is 2.61. The number of aryl methyl sites for hydroxylation is 1. The first kappa shape index (κ1) is 19.7. The highest BCUT2D eigenvalue weighted by molar-refractivity contribution is 7.89. The number of amides is 1. The van der Waals surface area contributed by atoms with Gasteiger partial charge in [0.05, 0.1) is 17.9 Å². The van der Waals surface area contributed by atoms with Gasteiger partial charge in [-0.15, -0.1) is 9.52 Å². The molecule has 0 aliphatic carbocycles. The summed E-state index contributed by atoms with van der Waals surface area (Å²) in [5.41, 5.74) is 1.62. The first-order chi connectivity index (χ1) is 12.3. The zero-order valence-electron chi connectivity index (χ0n) is 15.0. The molecule has 2 aromatic rings. The van der Waals surface area contributed by atoms with Crippen molar-refractivity contribution in [2.45, 2.75) is 32.1 Å². The molecule has 1 amide bonds. The molecule has 7 heteroatoms. The first-order valence-corrected chi connectivity index (χ1v) is 9.65. The van der Waals surface area contributed by atoms with Gasteiger partial charge in [-0.2, -0.15) is 8.42 Å². The number of benzene rings is 2. The van der Waals surface area contributed by atoms with E-state index in [2.05, 4.69) is 5.10 Å². The number of ether oxygens (including phenoxy) is 1. The molecule has 0 saturated carbocycles. The normalized spacial score (nSPS) is 11.9. The molecular formula is C19H22N2O4S. The zero-order chi connectivity index (χ0) is 19.2. The molecule has 6 nitrogen and oxygen atoms in total. The first-order valence-electron chi connectivity index (χ1n) is 8.21. The smallest absolute Gasteiger partial charge is 0.286 e. The number of hydrazone groups is 1. The second-order valence-corrected chi connectivity index (χ2v) is 7.44. The molecule has 0 fully saturated rings. The van der Waals surface area contributed by atoms with Gasteiger partial charge in [0.25, 0.3) is 15.9 Å². The molecule has 0 aliphatic heterocycles. The maximum atomic E-state index is 13.0. The largest absolute Gasteiger partial charge is 0.480 e. The van der Waals surface area contributed by atoms with Crippen LogP contribution in [0.15, 0.2) is 64.6 Å². The Kier molecular flexibility index (Phi) is 6.52. The summed E-state index contributed by atoms with van der Waals surface area (Å²) in [6.07, 6.45) is -0.0885. The second kappa shape index (κ2) is 8.62. The Morgan fingerprint density at radius 3 is 2.27 bits per heavy atom. The molecule has 0 radical (unpaired) electrons. The third kappa shape index (κ3) is 4.92. The standard InChI is InChI=1S/C19H22N2O4S/c1-4-25-16(3)20-21(19(22)14-17-8-6-5-7-9-17)26(23,24)18-12-10-15(2)11-13-18/h5-13H,4,14H2,1-3H3/b20-16-. The Morgan fingerprint density at radius 2 is 1.69 bits per heavy atom. The summed E-state index contributed by atoms with van der Waals surface area (Å²) in [5.74, 6) is -0.555. The highest BCUT2D eigenvalue weighted by Gasteiger charge is 2.30. The molecule has 0 spiro atoms. The van der Waals surface area contributed by atoms with E-state index in [1.807, 2.05) is 13.0 Å². The summed E-state index contributed by atoms with van der Waals surface area (Å²) in [4.78, 5) is 12.7. The van der Waals surface area contributed by atoms with E-state index >= 15 is 0 Å². The summed E-state index contributed by atoms with van der Waals surface area (Å²) in [7, 11) is -4.13. The third-order valence-electron chi connectivity index (χ3n) is 3.54. The van der Waals surface area contributed by atoms with Crippen LogP contribution in [0.3, 0.4) is 0 Å². The average molecular weight is 374 g/mol. The van der Waals surface area contributed by atoms with E-state index in [4.69, 9.17) is 4.74 Å².